The van der Waals surface area contributed by atoms with Crippen molar-refractivity contribution in [2.24, 2.45) is 5.73 Å². The summed E-state index contributed by atoms with van der Waals surface area (Å²) in [5.74, 6) is 1.66. The van der Waals surface area contributed by atoms with E-state index in [9.17, 15) is 0 Å². The SMILES string of the molecule is Cc1ccc(C(OCCc2ccccn2)C(C)N)o1. The van der Waals surface area contributed by atoms with E-state index in [4.69, 9.17) is 14.9 Å². The molecule has 2 aromatic rings. The van der Waals surface area contributed by atoms with Gasteiger partial charge in [0.1, 0.15) is 17.6 Å². The lowest BCUT2D eigenvalue weighted by molar-refractivity contribution is 0.0248. The molecule has 4 nitrogen and oxygen atoms in total. The van der Waals surface area contributed by atoms with Gasteiger partial charge in [0.15, 0.2) is 0 Å². The number of furan rings is 1. The van der Waals surface area contributed by atoms with E-state index < -0.39 is 0 Å². The third kappa shape index (κ3) is 3.91. The molecule has 2 heterocycles. The molecule has 0 saturated carbocycles. The van der Waals surface area contributed by atoms with Crippen LogP contribution in [0.5, 0.6) is 0 Å². The molecule has 2 aromatic heterocycles. The minimum Gasteiger partial charge on any atom is -0.464 e. The Morgan fingerprint density at radius 3 is 2.74 bits per heavy atom. The highest BCUT2D eigenvalue weighted by molar-refractivity contribution is 5.10. The summed E-state index contributed by atoms with van der Waals surface area (Å²) >= 11 is 0. The van der Waals surface area contributed by atoms with E-state index in [0.717, 1.165) is 23.6 Å². The van der Waals surface area contributed by atoms with E-state index in [1.165, 1.54) is 0 Å². The normalized spacial score (nSPS) is 14.3. The lowest BCUT2D eigenvalue weighted by Crippen LogP contribution is -2.27. The van der Waals surface area contributed by atoms with Crippen LogP contribution in [0.3, 0.4) is 0 Å². The maximum Gasteiger partial charge on any atom is 0.134 e. The minimum absolute atomic E-state index is 0.116. The Morgan fingerprint density at radius 2 is 2.16 bits per heavy atom. The number of hydrogen-bond donors (Lipinski definition) is 1. The molecule has 4 heteroatoms. The molecule has 0 amide bonds. The number of ether oxygens (including phenoxy) is 1. The first-order valence-corrected chi connectivity index (χ1v) is 6.50. The van der Waals surface area contributed by atoms with Crippen molar-refractivity contribution in [1.82, 2.24) is 4.98 Å². The Morgan fingerprint density at radius 1 is 1.32 bits per heavy atom. The Balaban J connectivity index is 1.91. The molecule has 0 bridgehead atoms. The standard InChI is InChI=1S/C15H20N2O2/c1-11-6-7-14(19-11)15(12(2)16)18-10-8-13-5-3-4-9-17-13/h3-7,9,12,15H,8,10,16H2,1-2H3. The van der Waals surface area contributed by atoms with Crippen LogP contribution >= 0.6 is 0 Å². The number of rotatable bonds is 6. The fourth-order valence-electron chi connectivity index (χ4n) is 1.94. The van der Waals surface area contributed by atoms with Gasteiger partial charge in [-0.2, -0.15) is 0 Å². The molecule has 0 aromatic carbocycles. The van der Waals surface area contributed by atoms with Gasteiger partial charge in [0.25, 0.3) is 0 Å². The van der Waals surface area contributed by atoms with Crippen molar-refractivity contribution in [1.29, 1.82) is 0 Å². The first kappa shape index (κ1) is 13.8. The summed E-state index contributed by atoms with van der Waals surface area (Å²) in [5.41, 5.74) is 6.97. The second kappa shape index (κ2) is 6.50. The second-order valence-electron chi connectivity index (χ2n) is 4.67. The van der Waals surface area contributed by atoms with E-state index in [0.29, 0.717) is 6.61 Å². The number of nitrogens with zero attached hydrogens (tertiary/aromatic N) is 1. The van der Waals surface area contributed by atoms with Crippen LogP contribution in [0.1, 0.15) is 30.2 Å². The van der Waals surface area contributed by atoms with Crippen LogP contribution in [0, 0.1) is 6.92 Å². The molecule has 0 aliphatic rings. The van der Waals surface area contributed by atoms with Crippen LogP contribution in [0.2, 0.25) is 0 Å². The number of nitrogens with two attached hydrogens (primary N) is 1. The van der Waals surface area contributed by atoms with Crippen LogP contribution in [-0.2, 0) is 11.2 Å². The molecule has 2 N–H and O–H groups in total. The van der Waals surface area contributed by atoms with Gasteiger partial charge < -0.3 is 14.9 Å². The number of aromatic nitrogens is 1. The van der Waals surface area contributed by atoms with Crippen LogP contribution in [0.15, 0.2) is 40.9 Å². The van der Waals surface area contributed by atoms with Gasteiger partial charge in [0.05, 0.1) is 6.61 Å². The van der Waals surface area contributed by atoms with Crippen LogP contribution in [0.4, 0.5) is 0 Å². The zero-order chi connectivity index (χ0) is 13.7. The zero-order valence-corrected chi connectivity index (χ0v) is 11.4. The van der Waals surface area contributed by atoms with Crippen molar-refractivity contribution >= 4 is 0 Å². The molecule has 19 heavy (non-hydrogen) atoms. The van der Waals surface area contributed by atoms with E-state index in [-0.39, 0.29) is 12.1 Å². The van der Waals surface area contributed by atoms with E-state index in [2.05, 4.69) is 4.98 Å². The summed E-state index contributed by atoms with van der Waals surface area (Å²) < 4.78 is 11.4. The summed E-state index contributed by atoms with van der Waals surface area (Å²) in [6.45, 7) is 4.40. The highest BCUT2D eigenvalue weighted by atomic mass is 16.5. The Bertz CT molecular complexity index is 494. The predicted molar refractivity (Wildman–Crippen MR) is 73.7 cm³/mol. The van der Waals surface area contributed by atoms with Gasteiger partial charge in [-0.05, 0) is 38.1 Å². The Labute approximate surface area is 113 Å². The first-order valence-electron chi connectivity index (χ1n) is 6.50. The average molecular weight is 260 g/mol. The largest absolute Gasteiger partial charge is 0.464 e. The van der Waals surface area contributed by atoms with E-state index in [1.54, 1.807) is 6.20 Å². The zero-order valence-electron chi connectivity index (χ0n) is 11.4. The number of hydrogen-bond acceptors (Lipinski definition) is 4. The molecule has 0 saturated heterocycles. The number of pyridine rings is 1. The lowest BCUT2D eigenvalue weighted by atomic mass is 10.1. The molecule has 0 aliphatic carbocycles. The lowest BCUT2D eigenvalue weighted by Gasteiger charge is -2.19. The van der Waals surface area contributed by atoms with Crippen molar-refractivity contribution in [2.75, 3.05) is 6.61 Å². The topological polar surface area (TPSA) is 61.3 Å². The molecule has 0 aliphatic heterocycles. The molecule has 102 valence electrons. The second-order valence-corrected chi connectivity index (χ2v) is 4.67. The van der Waals surface area contributed by atoms with E-state index in [1.807, 2.05) is 44.2 Å². The third-order valence-electron chi connectivity index (χ3n) is 2.90. The monoisotopic (exact) mass is 260 g/mol. The molecule has 2 unspecified atom stereocenters. The summed E-state index contributed by atoms with van der Waals surface area (Å²) in [4.78, 5) is 4.26. The van der Waals surface area contributed by atoms with Crippen molar-refractivity contribution in [2.45, 2.75) is 32.4 Å². The highest BCUT2D eigenvalue weighted by Gasteiger charge is 2.20. The smallest absolute Gasteiger partial charge is 0.134 e. The quantitative estimate of drug-likeness (QED) is 0.867. The van der Waals surface area contributed by atoms with Gasteiger partial charge in [-0.25, -0.2) is 0 Å². The number of aryl methyl sites for hydroxylation is 1. The Kier molecular flexibility index (Phi) is 4.71. The van der Waals surface area contributed by atoms with Crippen LogP contribution < -0.4 is 5.73 Å². The minimum atomic E-state index is -0.211. The van der Waals surface area contributed by atoms with Gasteiger partial charge in [-0.1, -0.05) is 6.07 Å². The molecule has 2 rings (SSSR count). The summed E-state index contributed by atoms with van der Waals surface area (Å²) in [5, 5.41) is 0. The summed E-state index contributed by atoms with van der Waals surface area (Å²) in [7, 11) is 0. The van der Waals surface area contributed by atoms with Crippen molar-refractivity contribution in [3.8, 4) is 0 Å². The average Bonchev–Trinajstić information content (AvgIpc) is 2.82. The third-order valence-corrected chi connectivity index (χ3v) is 2.90. The maximum absolute atomic E-state index is 5.96. The van der Waals surface area contributed by atoms with Crippen LogP contribution in [0.25, 0.3) is 0 Å². The van der Waals surface area contributed by atoms with Crippen LogP contribution in [-0.4, -0.2) is 17.6 Å². The maximum atomic E-state index is 5.96. The molecule has 0 fully saturated rings. The summed E-state index contributed by atoms with van der Waals surface area (Å²) in [6, 6.07) is 9.59. The van der Waals surface area contributed by atoms with Crippen molar-refractivity contribution in [3.63, 3.8) is 0 Å². The van der Waals surface area contributed by atoms with Crippen molar-refractivity contribution < 1.29 is 9.15 Å². The van der Waals surface area contributed by atoms with Gasteiger partial charge in [0, 0.05) is 24.4 Å². The van der Waals surface area contributed by atoms with Gasteiger partial charge >= 0.3 is 0 Å². The van der Waals surface area contributed by atoms with Gasteiger partial charge in [-0.15, -0.1) is 0 Å². The fraction of sp³-hybridized carbons (Fsp3) is 0.400. The highest BCUT2D eigenvalue weighted by Crippen LogP contribution is 2.22. The molecular formula is C15H20N2O2. The van der Waals surface area contributed by atoms with Gasteiger partial charge in [-0.3, -0.25) is 4.98 Å². The Hall–Kier alpha value is -1.65. The van der Waals surface area contributed by atoms with Crippen molar-refractivity contribution in [3.05, 3.63) is 53.7 Å². The summed E-state index contributed by atoms with van der Waals surface area (Å²) in [6.07, 6.45) is 2.34. The molecule has 0 radical (unpaired) electrons. The first-order chi connectivity index (χ1) is 9.16. The van der Waals surface area contributed by atoms with E-state index >= 15 is 0 Å². The fourth-order valence-corrected chi connectivity index (χ4v) is 1.94. The molecule has 2 atom stereocenters. The molecular weight excluding hydrogens is 240 g/mol. The molecule has 0 spiro atoms. The predicted octanol–water partition coefficient (Wildman–Crippen LogP) is 2.63. The van der Waals surface area contributed by atoms with Gasteiger partial charge in [0.2, 0.25) is 0 Å².